The van der Waals surface area contributed by atoms with Crippen LogP contribution >= 0.6 is 0 Å². The molecule has 1 nitrogen and oxygen atoms in total. The molecule has 2 rings (SSSR count). The second-order valence-electron chi connectivity index (χ2n) is 5.20. The van der Waals surface area contributed by atoms with Crippen LogP contribution in [0.5, 0.6) is 0 Å². The summed E-state index contributed by atoms with van der Waals surface area (Å²) in [4.78, 5) is 0. The van der Waals surface area contributed by atoms with Gasteiger partial charge < -0.3 is 5.32 Å². The minimum absolute atomic E-state index is 0.763. The van der Waals surface area contributed by atoms with E-state index < -0.39 is 0 Å². The van der Waals surface area contributed by atoms with E-state index in [2.05, 4.69) is 49.5 Å². The molecule has 0 spiro atoms. The molecule has 0 bridgehead atoms. The van der Waals surface area contributed by atoms with Gasteiger partial charge in [0.05, 0.1) is 0 Å². The zero-order chi connectivity index (χ0) is 11.4. The summed E-state index contributed by atoms with van der Waals surface area (Å²) in [6, 6.07) is 11.7. The van der Waals surface area contributed by atoms with E-state index in [9.17, 15) is 0 Å². The Bertz CT molecular complexity index is 300. The van der Waals surface area contributed by atoms with Gasteiger partial charge in [0.15, 0.2) is 0 Å². The van der Waals surface area contributed by atoms with Gasteiger partial charge in [-0.15, -0.1) is 0 Å². The molecule has 16 heavy (non-hydrogen) atoms. The Morgan fingerprint density at radius 1 is 1.25 bits per heavy atom. The molecule has 1 aliphatic rings. The molecule has 1 saturated carbocycles. The van der Waals surface area contributed by atoms with Gasteiger partial charge in [0, 0.05) is 6.04 Å². The molecule has 1 unspecified atom stereocenters. The Morgan fingerprint density at radius 3 is 2.56 bits per heavy atom. The lowest BCUT2D eigenvalue weighted by Gasteiger charge is -2.37. The van der Waals surface area contributed by atoms with E-state index in [1.54, 1.807) is 0 Å². The van der Waals surface area contributed by atoms with Gasteiger partial charge in [-0.1, -0.05) is 50.6 Å². The summed E-state index contributed by atoms with van der Waals surface area (Å²) in [5.41, 5.74) is 1.52. The van der Waals surface area contributed by atoms with Crippen molar-refractivity contribution in [1.82, 2.24) is 5.32 Å². The fraction of sp³-hybridized carbons (Fsp3) is 0.600. The first-order valence-electron chi connectivity index (χ1n) is 6.58. The minimum Gasteiger partial charge on any atom is -0.314 e. The molecule has 0 radical (unpaired) electrons. The summed E-state index contributed by atoms with van der Waals surface area (Å²) in [6.45, 7) is 5.77. The fourth-order valence-corrected chi connectivity index (χ4v) is 2.29. The standard InChI is InChI=1S/C15H23N/c1-3-12(2)11-16-15-9-14(10-15)13-7-5-4-6-8-13/h4-8,12,14-16H,3,9-11H2,1-2H3. The third kappa shape index (κ3) is 2.85. The highest BCUT2D eigenvalue weighted by Crippen LogP contribution is 2.36. The lowest BCUT2D eigenvalue weighted by molar-refractivity contribution is 0.277. The van der Waals surface area contributed by atoms with E-state index in [0.717, 1.165) is 17.9 Å². The van der Waals surface area contributed by atoms with Crippen molar-refractivity contribution in [3.05, 3.63) is 35.9 Å². The zero-order valence-electron chi connectivity index (χ0n) is 10.4. The van der Waals surface area contributed by atoms with E-state index in [-0.39, 0.29) is 0 Å². The predicted octanol–water partition coefficient (Wildman–Crippen LogP) is 3.57. The highest BCUT2D eigenvalue weighted by molar-refractivity contribution is 5.22. The first kappa shape index (κ1) is 11.7. The van der Waals surface area contributed by atoms with Gasteiger partial charge in [-0.25, -0.2) is 0 Å². The van der Waals surface area contributed by atoms with Gasteiger partial charge in [-0.3, -0.25) is 0 Å². The molecule has 0 amide bonds. The molecule has 0 heterocycles. The van der Waals surface area contributed by atoms with Crippen molar-refractivity contribution in [2.24, 2.45) is 5.92 Å². The zero-order valence-corrected chi connectivity index (χ0v) is 10.4. The summed E-state index contributed by atoms with van der Waals surface area (Å²) < 4.78 is 0. The molecule has 1 fully saturated rings. The smallest absolute Gasteiger partial charge is 0.00788 e. The van der Waals surface area contributed by atoms with Crippen LogP contribution in [0.3, 0.4) is 0 Å². The van der Waals surface area contributed by atoms with Crippen LogP contribution in [0.2, 0.25) is 0 Å². The molecule has 1 heteroatoms. The molecule has 1 aromatic rings. The van der Waals surface area contributed by atoms with Crippen LogP contribution in [0.4, 0.5) is 0 Å². The number of hydrogen-bond donors (Lipinski definition) is 1. The van der Waals surface area contributed by atoms with Gasteiger partial charge in [0.2, 0.25) is 0 Å². The van der Waals surface area contributed by atoms with Gasteiger partial charge in [-0.2, -0.15) is 0 Å². The number of hydrogen-bond acceptors (Lipinski definition) is 1. The normalized spacial score (nSPS) is 26.1. The molecule has 0 saturated heterocycles. The van der Waals surface area contributed by atoms with Gasteiger partial charge >= 0.3 is 0 Å². The van der Waals surface area contributed by atoms with Gasteiger partial charge in [0.25, 0.3) is 0 Å². The Balaban J connectivity index is 1.70. The Hall–Kier alpha value is -0.820. The maximum atomic E-state index is 3.67. The maximum Gasteiger partial charge on any atom is 0.00788 e. The molecular weight excluding hydrogens is 194 g/mol. The minimum atomic E-state index is 0.763. The quantitative estimate of drug-likeness (QED) is 0.795. The summed E-state index contributed by atoms with van der Waals surface area (Å²) in [5, 5.41) is 3.67. The highest BCUT2D eigenvalue weighted by atomic mass is 14.9. The van der Waals surface area contributed by atoms with Crippen molar-refractivity contribution in [2.45, 2.75) is 45.1 Å². The molecule has 1 aromatic carbocycles. The first-order valence-corrected chi connectivity index (χ1v) is 6.58. The fourth-order valence-electron chi connectivity index (χ4n) is 2.29. The van der Waals surface area contributed by atoms with Crippen LogP contribution < -0.4 is 5.32 Å². The van der Waals surface area contributed by atoms with Crippen molar-refractivity contribution in [3.8, 4) is 0 Å². The van der Waals surface area contributed by atoms with Crippen LogP contribution in [0.25, 0.3) is 0 Å². The number of rotatable bonds is 5. The molecule has 1 atom stereocenters. The molecule has 0 aromatic heterocycles. The average molecular weight is 217 g/mol. The van der Waals surface area contributed by atoms with Crippen molar-refractivity contribution in [2.75, 3.05) is 6.54 Å². The summed E-state index contributed by atoms with van der Waals surface area (Å²) in [6.07, 6.45) is 3.92. The second-order valence-corrected chi connectivity index (χ2v) is 5.20. The van der Waals surface area contributed by atoms with Crippen LogP contribution in [0.1, 0.15) is 44.6 Å². The maximum absolute atomic E-state index is 3.67. The first-order chi connectivity index (χ1) is 7.79. The van der Waals surface area contributed by atoms with Crippen molar-refractivity contribution < 1.29 is 0 Å². The molecule has 88 valence electrons. The molecular formula is C15H23N. The van der Waals surface area contributed by atoms with Crippen molar-refractivity contribution >= 4 is 0 Å². The Morgan fingerprint density at radius 2 is 1.94 bits per heavy atom. The summed E-state index contributed by atoms with van der Waals surface area (Å²) in [5.74, 6) is 1.62. The van der Waals surface area contributed by atoms with Gasteiger partial charge in [0.1, 0.15) is 0 Å². The molecule has 1 aliphatic carbocycles. The van der Waals surface area contributed by atoms with E-state index in [0.29, 0.717) is 0 Å². The Kier molecular flexibility index (Phi) is 4.00. The lowest BCUT2D eigenvalue weighted by Crippen LogP contribution is -2.41. The number of nitrogens with one attached hydrogen (secondary N) is 1. The Labute approximate surface area is 99.3 Å². The van der Waals surface area contributed by atoms with Crippen molar-refractivity contribution in [3.63, 3.8) is 0 Å². The van der Waals surface area contributed by atoms with Crippen LogP contribution in [0, 0.1) is 5.92 Å². The average Bonchev–Trinajstić information content (AvgIpc) is 2.28. The van der Waals surface area contributed by atoms with E-state index in [4.69, 9.17) is 0 Å². The highest BCUT2D eigenvalue weighted by Gasteiger charge is 2.29. The van der Waals surface area contributed by atoms with Crippen LogP contribution in [-0.4, -0.2) is 12.6 Å². The monoisotopic (exact) mass is 217 g/mol. The summed E-state index contributed by atoms with van der Waals surface area (Å²) in [7, 11) is 0. The van der Waals surface area contributed by atoms with Gasteiger partial charge in [-0.05, 0) is 36.8 Å². The lowest BCUT2D eigenvalue weighted by atomic mass is 9.76. The molecule has 0 aliphatic heterocycles. The van der Waals surface area contributed by atoms with E-state index in [1.807, 2.05) is 0 Å². The van der Waals surface area contributed by atoms with Crippen molar-refractivity contribution in [1.29, 1.82) is 0 Å². The topological polar surface area (TPSA) is 12.0 Å². The van der Waals surface area contributed by atoms with E-state index in [1.165, 1.54) is 31.4 Å². The third-order valence-electron chi connectivity index (χ3n) is 3.86. The van der Waals surface area contributed by atoms with Crippen LogP contribution in [-0.2, 0) is 0 Å². The molecule has 1 N–H and O–H groups in total. The third-order valence-corrected chi connectivity index (χ3v) is 3.86. The second kappa shape index (κ2) is 5.49. The number of benzene rings is 1. The SMILES string of the molecule is CCC(C)CNC1CC(c2ccccc2)C1. The van der Waals surface area contributed by atoms with Crippen LogP contribution in [0.15, 0.2) is 30.3 Å². The largest absolute Gasteiger partial charge is 0.314 e. The summed E-state index contributed by atoms with van der Waals surface area (Å²) >= 11 is 0. The predicted molar refractivity (Wildman–Crippen MR) is 69.7 cm³/mol. The van der Waals surface area contributed by atoms with E-state index >= 15 is 0 Å².